The van der Waals surface area contributed by atoms with Crippen LogP contribution in [0.15, 0.2) is 35.0 Å². The molecule has 0 atom stereocenters. The van der Waals surface area contributed by atoms with Crippen LogP contribution in [0.2, 0.25) is 5.02 Å². The second kappa shape index (κ2) is 7.42. The summed E-state index contributed by atoms with van der Waals surface area (Å²) in [5.41, 5.74) is 2.10. The summed E-state index contributed by atoms with van der Waals surface area (Å²) in [6, 6.07) is 6.92. The SMILES string of the molecule is CN(C)C(=O)c1cc(NC(=O)CCc2ccsc2)ccc1Cl. The van der Waals surface area contributed by atoms with Gasteiger partial charge in [-0.25, -0.2) is 0 Å². The Labute approximate surface area is 138 Å². The number of hydrogen-bond acceptors (Lipinski definition) is 3. The first kappa shape index (κ1) is 16.5. The number of halogens is 1. The molecule has 6 heteroatoms. The van der Waals surface area contributed by atoms with E-state index in [1.54, 1.807) is 43.6 Å². The van der Waals surface area contributed by atoms with E-state index in [4.69, 9.17) is 11.6 Å². The molecule has 0 saturated heterocycles. The van der Waals surface area contributed by atoms with Gasteiger partial charge in [-0.3, -0.25) is 9.59 Å². The Kier molecular flexibility index (Phi) is 5.57. The summed E-state index contributed by atoms with van der Waals surface area (Å²) >= 11 is 7.66. The number of anilines is 1. The molecule has 1 heterocycles. The van der Waals surface area contributed by atoms with Gasteiger partial charge >= 0.3 is 0 Å². The van der Waals surface area contributed by atoms with E-state index in [0.717, 1.165) is 5.56 Å². The largest absolute Gasteiger partial charge is 0.345 e. The molecule has 2 aromatic rings. The van der Waals surface area contributed by atoms with E-state index < -0.39 is 0 Å². The van der Waals surface area contributed by atoms with Crippen LogP contribution in [0.3, 0.4) is 0 Å². The lowest BCUT2D eigenvalue weighted by atomic mass is 10.1. The number of benzene rings is 1. The van der Waals surface area contributed by atoms with Crippen molar-refractivity contribution in [3.8, 4) is 0 Å². The standard InChI is InChI=1S/C16H17ClN2O2S/c1-19(2)16(21)13-9-12(4-5-14(13)17)18-15(20)6-3-11-7-8-22-10-11/h4-5,7-10H,3,6H2,1-2H3,(H,18,20). The Morgan fingerprint density at radius 2 is 2.05 bits per heavy atom. The maximum absolute atomic E-state index is 12.0. The quantitative estimate of drug-likeness (QED) is 0.905. The fraction of sp³-hybridized carbons (Fsp3) is 0.250. The average molecular weight is 337 g/mol. The molecule has 4 nitrogen and oxygen atoms in total. The molecule has 0 aliphatic rings. The highest BCUT2D eigenvalue weighted by atomic mass is 35.5. The maximum atomic E-state index is 12.0. The van der Waals surface area contributed by atoms with Crippen molar-refractivity contribution in [2.24, 2.45) is 0 Å². The number of rotatable bonds is 5. The van der Waals surface area contributed by atoms with Crippen molar-refractivity contribution in [3.05, 3.63) is 51.2 Å². The Hall–Kier alpha value is -1.85. The number of aryl methyl sites for hydroxylation is 1. The lowest BCUT2D eigenvalue weighted by Crippen LogP contribution is -2.22. The molecule has 2 rings (SSSR count). The van der Waals surface area contributed by atoms with Crippen LogP contribution in [0.25, 0.3) is 0 Å². The Morgan fingerprint density at radius 1 is 1.27 bits per heavy atom. The van der Waals surface area contributed by atoms with Gasteiger partial charge in [0, 0.05) is 26.2 Å². The van der Waals surface area contributed by atoms with Crippen LogP contribution >= 0.6 is 22.9 Å². The third-order valence-corrected chi connectivity index (χ3v) is 4.17. The summed E-state index contributed by atoms with van der Waals surface area (Å²) in [4.78, 5) is 25.4. The first-order valence-corrected chi connectivity index (χ1v) is 8.11. The van der Waals surface area contributed by atoms with Gasteiger partial charge in [0.1, 0.15) is 0 Å². The normalized spacial score (nSPS) is 10.3. The van der Waals surface area contributed by atoms with Gasteiger partial charge < -0.3 is 10.2 Å². The predicted octanol–water partition coefficient (Wildman–Crippen LogP) is 3.67. The Balaban J connectivity index is 2.01. The topological polar surface area (TPSA) is 49.4 Å². The fourth-order valence-corrected chi connectivity index (χ4v) is 2.83. The highest BCUT2D eigenvalue weighted by molar-refractivity contribution is 7.07. The Bertz CT molecular complexity index is 669. The molecule has 0 fully saturated rings. The summed E-state index contributed by atoms with van der Waals surface area (Å²) in [7, 11) is 3.32. The molecular formula is C16H17ClN2O2S. The minimum absolute atomic E-state index is 0.0863. The zero-order chi connectivity index (χ0) is 16.1. The second-order valence-corrected chi connectivity index (χ2v) is 6.26. The van der Waals surface area contributed by atoms with Crippen molar-refractivity contribution < 1.29 is 9.59 Å². The number of hydrogen-bond donors (Lipinski definition) is 1. The van der Waals surface area contributed by atoms with Gasteiger partial charge in [0.25, 0.3) is 5.91 Å². The van der Waals surface area contributed by atoms with Crippen molar-refractivity contribution in [3.63, 3.8) is 0 Å². The summed E-state index contributed by atoms with van der Waals surface area (Å²) < 4.78 is 0. The first-order chi connectivity index (χ1) is 10.5. The number of carbonyl (C=O) groups is 2. The van der Waals surface area contributed by atoms with Crippen LogP contribution in [0, 0.1) is 0 Å². The molecule has 0 spiro atoms. The van der Waals surface area contributed by atoms with Gasteiger partial charge in [-0.1, -0.05) is 11.6 Å². The van der Waals surface area contributed by atoms with Gasteiger partial charge in [-0.2, -0.15) is 11.3 Å². The minimum atomic E-state index is -0.195. The molecular weight excluding hydrogens is 320 g/mol. The van der Waals surface area contributed by atoms with Crippen LogP contribution in [0.1, 0.15) is 22.3 Å². The van der Waals surface area contributed by atoms with Crippen LogP contribution in [0.4, 0.5) is 5.69 Å². The highest BCUT2D eigenvalue weighted by Gasteiger charge is 2.14. The molecule has 0 saturated carbocycles. The third kappa shape index (κ3) is 4.32. The first-order valence-electron chi connectivity index (χ1n) is 6.79. The summed E-state index contributed by atoms with van der Waals surface area (Å²) in [6.45, 7) is 0. The molecule has 0 aliphatic carbocycles. The summed E-state index contributed by atoms with van der Waals surface area (Å²) in [6.07, 6.45) is 1.10. The van der Waals surface area contributed by atoms with Crippen LogP contribution < -0.4 is 5.32 Å². The molecule has 0 aliphatic heterocycles. The van der Waals surface area contributed by atoms with Gasteiger partial charge in [0.15, 0.2) is 0 Å². The monoisotopic (exact) mass is 336 g/mol. The summed E-state index contributed by atoms with van der Waals surface area (Å²) in [5.74, 6) is -0.281. The minimum Gasteiger partial charge on any atom is -0.345 e. The van der Waals surface area contributed by atoms with Gasteiger partial charge in [-0.05, 0) is 47.0 Å². The molecule has 2 amide bonds. The van der Waals surface area contributed by atoms with Gasteiger partial charge in [-0.15, -0.1) is 0 Å². The van der Waals surface area contributed by atoms with Crippen molar-refractivity contribution >= 4 is 40.4 Å². The molecule has 1 aromatic heterocycles. The number of thiophene rings is 1. The maximum Gasteiger partial charge on any atom is 0.254 e. The Morgan fingerprint density at radius 3 is 2.68 bits per heavy atom. The van der Waals surface area contributed by atoms with Gasteiger partial charge in [0.05, 0.1) is 10.6 Å². The third-order valence-electron chi connectivity index (χ3n) is 3.11. The van der Waals surface area contributed by atoms with E-state index >= 15 is 0 Å². The number of amides is 2. The molecule has 1 aromatic carbocycles. The number of carbonyl (C=O) groups excluding carboxylic acids is 2. The molecule has 1 N–H and O–H groups in total. The molecule has 0 bridgehead atoms. The zero-order valence-electron chi connectivity index (χ0n) is 12.4. The van der Waals surface area contributed by atoms with E-state index in [1.807, 2.05) is 16.8 Å². The molecule has 116 valence electrons. The van der Waals surface area contributed by atoms with Crippen molar-refractivity contribution in [1.29, 1.82) is 0 Å². The van der Waals surface area contributed by atoms with E-state index in [-0.39, 0.29) is 11.8 Å². The summed E-state index contributed by atoms with van der Waals surface area (Å²) in [5, 5.41) is 7.19. The van der Waals surface area contributed by atoms with Crippen LogP contribution in [0.5, 0.6) is 0 Å². The lowest BCUT2D eigenvalue weighted by Gasteiger charge is -2.13. The molecule has 0 radical (unpaired) electrons. The lowest BCUT2D eigenvalue weighted by molar-refractivity contribution is -0.116. The van der Waals surface area contributed by atoms with E-state index in [9.17, 15) is 9.59 Å². The van der Waals surface area contributed by atoms with Crippen molar-refractivity contribution in [2.45, 2.75) is 12.8 Å². The fourth-order valence-electron chi connectivity index (χ4n) is 1.92. The average Bonchev–Trinajstić information content (AvgIpc) is 2.99. The zero-order valence-corrected chi connectivity index (χ0v) is 14.0. The second-order valence-electron chi connectivity index (χ2n) is 5.07. The van der Waals surface area contributed by atoms with E-state index in [2.05, 4.69) is 5.32 Å². The van der Waals surface area contributed by atoms with Crippen LogP contribution in [-0.2, 0) is 11.2 Å². The smallest absolute Gasteiger partial charge is 0.254 e. The predicted molar refractivity (Wildman–Crippen MR) is 90.7 cm³/mol. The van der Waals surface area contributed by atoms with E-state index in [0.29, 0.717) is 29.1 Å². The van der Waals surface area contributed by atoms with Gasteiger partial charge in [0.2, 0.25) is 5.91 Å². The highest BCUT2D eigenvalue weighted by Crippen LogP contribution is 2.22. The van der Waals surface area contributed by atoms with E-state index in [1.165, 1.54) is 4.90 Å². The number of nitrogens with zero attached hydrogens (tertiary/aromatic N) is 1. The molecule has 0 unspecified atom stereocenters. The molecule has 22 heavy (non-hydrogen) atoms. The van der Waals surface area contributed by atoms with Crippen molar-refractivity contribution in [1.82, 2.24) is 4.90 Å². The number of nitrogens with one attached hydrogen (secondary N) is 1. The van der Waals surface area contributed by atoms with Crippen molar-refractivity contribution in [2.75, 3.05) is 19.4 Å². The van der Waals surface area contributed by atoms with Crippen LogP contribution in [-0.4, -0.2) is 30.8 Å².